The predicted octanol–water partition coefficient (Wildman–Crippen LogP) is 2.27. The Kier molecular flexibility index (Phi) is 6.56. The molecule has 0 aromatic heterocycles. The molecule has 0 saturated carbocycles. The number of carboxylic acids is 1. The van der Waals surface area contributed by atoms with Crippen LogP contribution < -0.4 is 10.6 Å². The van der Waals surface area contributed by atoms with Gasteiger partial charge in [-0.1, -0.05) is 38.5 Å². The van der Waals surface area contributed by atoms with E-state index in [-0.39, 0.29) is 11.6 Å². The molecule has 110 valence electrons. The Morgan fingerprint density at radius 2 is 1.95 bits per heavy atom. The molecule has 20 heavy (non-hydrogen) atoms. The van der Waals surface area contributed by atoms with E-state index in [0.29, 0.717) is 25.4 Å². The summed E-state index contributed by atoms with van der Waals surface area (Å²) in [5.41, 5.74) is 1.01. The molecule has 1 aromatic rings. The molecule has 1 rings (SSSR count). The standard InChI is InChI=1S/C15H22N2O3/c1-3-11(2)10-17-15(20)16-9-8-12-6-4-5-7-13(12)14(18)19/h4-7,11H,3,8-10H2,1-2H3,(H,18,19)(H2,16,17,20). The van der Waals surface area contributed by atoms with E-state index in [1.54, 1.807) is 24.3 Å². The highest BCUT2D eigenvalue weighted by Crippen LogP contribution is 2.08. The molecule has 1 aromatic carbocycles. The number of nitrogens with one attached hydrogen (secondary N) is 2. The molecule has 5 nitrogen and oxygen atoms in total. The Bertz CT molecular complexity index is 460. The molecule has 0 saturated heterocycles. The zero-order valence-electron chi connectivity index (χ0n) is 12.0. The van der Waals surface area contributed by atoms with E-state index >= 15 is 0 Å². The first kappa shape index (κ1) is 16.0. The van der Waals surface area contributed by atoms with Crippen LogP contribution in [0, 0.1) is 5.92 Å². The lowest BCUT2D eigenvalue weighted by Gasteiger charge is -2.11. The van der Waals surface area contributed by atoms with Gasteiger partial charge < -0.3 is 15.7 Å². The third-order valence-corrected chi connectivity index (χ3v) is 3.24. The van der Waals surface area contributed by atoms with Gasteiger partial charge in [0.05, 0.1) is 5.56 Å². The van der Waals surface area contributed by atoms with Crippen LogP contribution in [0.3, 0.4) is 0 Å². The summed E-state index contributed by atoms with van der Waals surface area (Å²) < 4.78 is 0. The Balaban J connectivity index is 2.37. The summed E-state index contributed by atoms with van der Waals surface area (Å²) in [5.74, 6) is -0.490. The molecule has 0 radical (unpaired) electrons. The lowest BCUT2D eigenvalue weighted by Crippen LogP contribution is -2.38. The van der Waals surface area contributed by atoms with Crippen LogP contribution in [0.1, 0.15) is 36.2 Å². The van der Waals surface area contributed by atoms with Gasteiger partial charge in [-0.25, -0.2) is 9.59 Å². The molecule has 5 heteroatoms. The van der Waals surface area contributed by atoms with Gasteiger partial charge in [0.2, 0.25) is 0 Å². The molecule has 1 unspecified atom stereocenters. The van der Waals surface area contributed by atoms with Crippen molar-refractivity contribution in [1.82, 2.24) is 10.6 Å². The van der Waals surface area contributed by atoms with Gasteiger partial charge in [0, 0.05) is 13.1 Å². The van der Waals surface area contributed by atoms with Gasteiger partial charge in [0.25, 0.3) is 0 Å². The van der Waals surface area contributed by atoms with Crippen molar-refractivity contribution in [2.24, 2.45) is 5.92 Å². The van der Waals surface area contributed by atoms with E-state index in [4.69, 9.17) is 5.11 Å². The van der Waals surface area contributed by atoms with Crippen LogP contribution in [0.25, 0.3) is 0 Å². The third kappa shape index (κ3) is 5.30. The first-order valence-corrected chi connectivity index (χ1v) is 6.87. The quantitative estimate of drug-likeness (QED) is 0.716. The van der Waals surface area contributed by atoms with E-state index in [2.05, 4.69) is 24.5 Å². The average molecular weight is 278 g/mol. The lowest BCUT2D eigenvalue weighted by atomic mass is 10.0. The van der Waals surface area contributed by atoms with Crippen LogP contribution >= 0.6 is 0 Å². The second kappa shape index (κ2) is 8.19. The topological polar surface area (TPSA) is 78.4 Å². The number of aromatic carboxylic acids is 1. The number of rotatable bonds is 7. The number of hydrogen-bond donors (Lipinski definition) is 3. The molecule has 0 heterocycles. The molecular formula is C15H22N2O3. The SMILES string of the molecule is CCC(C)CNC(=O)NCCc1ccccc1C(=O)O. The number of benzene rings is 1. The summed E-state index contributed by atoms with van der Waals surface area (Å²) in [5, 5.41) is 14.6. The van der Waals surface area contributed by atoms with E-state index in [9.17, 15) is 9.59 Å². The Hall–Kier alpha value is -2.04. The summed E-state index contributed by atoms with van der Waals surface area (Å²) in [6.45, 7) is 5.21. The zero-order chi connectivity index (χ0) is 15.0. The van der Waals surface area contributed by atoms with E-state index < -0.39 is 5.97 Å². The first-order valence-electron chi connectivity index (χ1n) is 6.87. The predicted molar refractivity (Wildman–Crippen MR) is 78.0 cm³/mol. The van der Waals surface area contributed by atoms with Crippen LogP contribution in [0.5, 0.6) is 0 Å². The molecular weight excluding hydrogens is 256 g/mol. The minimum Gasteiger partial charge on any atom is -0.478 e. The number of amides is 2. The van der Waals surface area contributed by atoms with Gasteiger partial charge in [-0.05, 0) is 24.0 Å². The monoisotopic (exact) mass is 278 g/mol. The van der Waals surface area contributed by atoms with Gasteiger partial charge in [-0.15, -0.1) is 0 Å². The fourth-order valence-corrected chi connectivity index (χ4v) is 1.73. The van der Waals surface area contributed by atoms with Crippen molar-refractivity contribution in [2.75, 3.05) is 13.1 Å². The molecule has 0 aliphatic rings. The minimum atomic E-state index is -0.943. The zero-order valence-corrected chi connectivity index (χ0v) is 12.0. The summed E-state index contributed by atoms with van der Waals surface area (Å²) in [7, 11) is 0. The Morgan fingerprint density at radius 1 is 1.25 bits per heavy atom. The fraction of sp³-hybridized carbons (Fsp3) is 0.467. The van der Waals surface area contributed by atoms with Gasteiger partial charge in [-0.3, -0.25) is 0 Å². The molecule has 0 aliphatic heterocycles. The molecule has 3 N–H and O–H groups in total. The summed E-state index contributed by atoms with van der Waals surface area (Å²) in [4.78, 5) is 22.6. The Morgan fingerprint density at radius 3 is 2.60 bits per heavy atom. The van der Waals surface area contributed by atoms with Crippen molar-refractivity contribution in [2.45, 2.75) is 26.7 Å². The van der Waals surface area contributed by atoms with Crippen molar-refractivity contribution in [3.05, 3.63) is 35.4 Å². The summed E-state index contributed by atoms with van der Waals surface area (Å²) in [6.07, 6.45) is 1.52. The van der Waals surface area contributed by atoms with Crippen molar-refractivity contribution in [3.8, 4) is 0 Å². The van der Waals surface area contributed by atoms with Crippen molar-refractivity contribution >= 4 is 12.0 Å². The fourth-order valence-electron chi connectivity index (χ4n) is 1.73. The number of urea groups is 1. The van der Waals surface area contributed by atoms with Gasteiger partial charge >= 0.3 is 12.0 Å². The van der Waals surface area contributed by atoms with E-state index in [1.165, 1.54) is 0 Å². The molecule has 1 atom stereocenters. The largest absolute Gasteiger partial charge is 0.478 e. The van der Waals surface area contributed by atoms with Crippen molar-refractivity contribution < 1.29 is 14.7 Å². The maximum atomic E-state index is 11.5. The van der Waals surface area contributed by atoms with Crippen molar-refractivity contribution in [1.29, 1.82) is 0 Å². The van der Waals surface area contributed by atoms with E-state index in [1.807, 2.05) is 0 Å². The first-order chi connectivity index (χ1) is 9.54. The maximum absolute atomic E-state index is 11.5. The van der Waals surface area contributed by atoms with Gasteiger partial charge in [-0.2, -0.15) is 0 Å². The molecule has 0 spiro atoms. The molecule has 2 amide bonds. The van der Waals surface area contributed by atoms with Crippen LogP contribution in [-0.4, -0.2) is 30.2 Å². The van der Waals surface area contributed by atoms with Gasteiger partial charge in [0.1, 0.15) is 0 Å². The van der Waals surface area contributed by atoms with Gasteiger partial charge in [0.15, 0.2) is 0 Å². The second-order valence-corrected chi connectivity index (χ2v) is 4.86. The van der Waals surface area contributed by atoms with Crippen LogP contribution in [-0.2, 0) is 6.42 Å². The molecule has 0 bridgehead atoms. The minimum absolute atomic E-state index is 0.210. The van der Waals surface area contributed by atoms with Crippen LogP contribution in [0.2, 0.25) is 0 Å². The smallest absolute Gasteiger partial charge is 0.335 e. The molecule has 0 aliphatic carbocycles. The summed E-state index contributed by atoms with van der Waals surface area (Å²) >= 11 is 0. The second-order valence-electron chi connectivity index (χ2n) is 4.86. The maximum Gasteiger partial charge on any atom is 0.335 e. The number of hydrogen-bond acceptors (Lipinski definition) is 2. The number of carbonyl (C=O) groups is 2. The average Bonchev–Trinajstić information content (AvgIpc) is 2.45. The third-order valence-electron chi connectivity index (χ3n) is 3.24. The normalized spacial score (nSPS) is 11.7. The highest BCUT2D eigenvalue weighted by Gasteiger charge is 2.09. The highest BCUT2D eigenvalue weighted by atomic mass is 16.4. The summed E-state index contributed by atoms with van der Waals surface area (Å²) in [6, 6.07) is 6.62. The molecule has 0 fully saturated rings. The van der Waals surface area contributed by atoms with E-state index in [0.717, 1.165) is 12.0 Å². The lowest BCUT2D eigenvalue weighted by molar-refractivity contribution is 0.0695. The van der Waals surface area contributed by atoms with Crippen LogP contribution in [0.15, 0.2) is 24.3 Å². The Labute approximate surface area is 119 Å². The highest BCUT2D eigenvalue weighted by molar-refractivity contribution is 5.89. The number of carbonyl (C=O) groups excluding carboxylic acids is 1. The van der Waals surface area contributed by atoms with Crippen LogP contribution in [0.4, 0.5) is 4.79 Å². The van der Waals surface area contributed by atoms with Crippen molar-refractivity contribution in [3.63, 3.8) is 0 Å². The number of carboxylic acid groups (broad SMARTS) is 1.